The maximum absolute atomic E-state index is 5.89. The minimum atomic E-state index is 0.571. The molecule has 2 aromatic carbocycles. The summed E-state index contributed by atoms with van der Waals surface area (Å²) in [6.45, 7) is 2.63. The van der Waals surface area contributed by atoms with Gasteiger partial charge in [0.2, 0.25) is 0 Å². The molecule has 0 spiro atoms. The Labute approximate surface area is 120 Å². The molecule has 1 N–H and O–H groups in total. The number of aromatic nitrogens is 1. The van der Waals surface area contributed by atoms with E-state index in [0.717, 1.165) is 21.3 Å². The third-order valence-corrected chi connectivity index (χ3v) is 3.70. The predicted molar refractivity (Wildman–Crippen MR) is 81.5 cm³/mol. The van der Waals surface area contributed by atoms with Gasteiger partial charge in [-0.15, -0.1) is 0 Å². The first-order chi connectivity index (χ1) is 9.24. The fourth-order valence-corrected chi connectivity index (χ4v) is 2.51. The van der Waals surface area contributed by atoms with Crippen molar-refractivity contribution in [2.24, 2.45) is 0 Å². The number of benzene rings is 2. The molecular formula is C16H14BrNO. The van der Waals surface area contributed by atoms with E-state index in [9.17, 15) is 0 Å². The quantitative estimate of drug-likeness (QED) is 0.736. The maximum atomic E-state index is 5.89. The highest BCUT2D eigenvalue weighted by atomic mass is 79.9. The van der Waals surface area contributed by atoms with E-state index >= 15 is 0 Å². The molecule has 0 aliphatic rings. The lowest BCUT2D eigenvalue weighted by molar-refractivity contribution is 0.305. The molecule has 3 aromatic rings. The third-order valence-electron chi connectivity index (χ3n) is 3.21. The topological polar surface area (TPSA) is 25.0 Å². The van der Waals surface area contributed by atoms with Gasteiger partial charge in [-0.3, -0.25) is 0 Å². The van der Waals surface area contributed by atoms with E-state index in [1.165, 1.54) is 10.9 Å². The summed E-state index contributed by atoms with van der Waals surface area (Å²) in [5.74, 6) is 0.937. The minimum Gasteiger partial charge on any atom is -0.489 e. The largest absolute Gasteiger partial charge is 0.489 e. The number of hydrogen-bond acceptors (Lipinski definition) is 1. The molecule has 0 bridgehead atoms. The Morgan fingerprint density at radius 1 is 1.16 bits per heavy atom. The number of aryl methyl sites for hydroxylation is 1. The van der Waals surface area contributed by atoms with Gasteiger partial charge in [0.1, 0.15) is 12.4 Å². The van der Waals surface area contributed by atoms with Crippen LogP contribution in [0, 0.1) is 6.92 Å². The van der Waals surface area contributed by atoms with Crippen LogP contribution in [0.2, 0.25) is 0 Å². The summed E-state index contributed by atoms with van der Waals surface area (Å²) in [7, 11) is 0. The normalized spacial score (nSPS) is 10.8. The van der Waals surface area contributed by atoms with Crippen LogP contribution in [-0.2, 0) is 6.61 Å². The van der Waals surface area contributed by atoms with Gasteiger partial charge in [0.05, 0.1) is 0 Å². The van der Waals surface area contributed by atoms with E-state index in [-0.39, 0.29) is 0 Å². The third kappa shape index (κ3) is 2.51. The molecule has 0 fully saturated rings. The fourth-order valence-electron chi connectivity index (χ4n) is 2.14. The molecule has 3 heteroatoms. The Kier molecular flexibility index (Phi) is 3.30. The van der Waals surface area contributed by atoms with E-state index in [2.05, 4.69) is 46.0 Å². The molecule has 0 aliphatic carbocycles. The van der Waals surface area contributed by atoms with Crippen molar-refractivity contribution in [2.45, 2.75) is 13.5 Å². The standard InChI is InChI=1S/C16H14BrNO/c1-11-4-2-3-5-16(11)19-10-12-9-18-15-7-6-13(17)8-14(12)15/h2-9,18H,10H2,1H3. The van der Waals surface area contributed by atoms with E-state index < -0.39 is 0 Å². The first kappa shape index (κ1) is 12.3. The van der Waals surface area contributed by atoms with Crippen molar-refractivity contribution in [3.63, 3.8) is 0 Å². The summed E-state index contributed by atoms with van der Waals surface area (Å²) in [5.41, 5.74) is 3.45. The molecule has 0 unspecified atom stereocenters. The van der Waals surface area contributed by atoms with Crippen LogP contribution >= 0.6 is 15.9 Å². The Morgan fingerprint density at radius 3 is 2.84 bits per heavy atom. The number of halogens is 1. The fraction of sp³-hybridized carbons (Fsp3) is 0.125. The van der Waals surface area contributed by atoms with Crippen LogP contribution < -0.4 is 4.74 Å². The van der Waals surface area contributed by atoms with Crippen LogP contribution in [0.3, 0.4) is 0 Å². The van der Waals surface area contributed by atoms with Crippen LogP contribution in [0.15, 0.2) is 53.1 Å². The molecule has 96 valence electrons. The number of nitrogens with one attached hydrogen (secondary N) is 1. The molecule has 0 atom stereocenters. The molecule has 2 nitrogen and oxygen atoms in total. The minimum absolute atomic E-state index is 0.571. The van der Waals surface area contributed by atoms with E-state index in [1.807, 2.05) is 30.5 Å². The highest BCUT2D eigenvalue weighted by molar-refractivity contribution is 9.10. The van der Waals surface area contributed by atoms with Gasteiger partial charge in [-0.1, -0.05) is 34.1 Å². The summed E-state index contributed by atoms with van der Waals surface area (Å²) < 4.78 is 6.97. The smallest absolute Gasteiger partial charge is 0.122 e. The number of para-hydroxylation sites is 1. The van der Waals surface area contributed by atoms with E-state index in [1.54, 1.807) is 0 Å². The Morgan fingerprint density at radius 2 is 2.00 bits per heavy atom. The maximum Gasteiger partial charge on any atom is 0.122 e. The van der Waals surface area contributed by atoms with Crippen LogP contribution in [0.4, 0.5) is 0 Å². The monoisotopic (exact) mass is 315 g/mol. The van der Waals surface area contributed by atoms with Gasteiger partial charge in [-0.2, -0.15) is 0 Å². The lowest BCUT2D eigenvalue weighted by Crippen LogP contribution is -1.95. The summed E-state index contributed by atoms with van der Waals surface area (Å²) in [4.78, 5) is 3.27. The van der Waals surface area contributed by atoms with Gasteiger partial charge in [0.15, 0.2) is 0 Å². The van der Waals surface area contributed by atoms with Crippen LogP contribution in [0.5, 0.6) is 5.75 Å². The van der Waals surface area contributed by atoms with Gasteiger partial charge in [-0.25, -0.2) is 0 Å². The number of rotatable bonds is 3. The summed E-state index contributed by atoms with van der Waals surface area (Å²) in [5, 5.41) is 1.20. The van der Waals surface area contributed by atoms with Crippen molar-refractivity contribution in [2.75, 3.05) is 0 Å². The lowest BCUT2D eigenvalue weighted by Gasteiger charge is -2.08. The number of ether oxygens (including phenoxy) is 1. The number of fused-ring (bicyclic) bond motifs is 1. The van der Waals surface area contributed by atoms with Gasteiger partial charge < -0.3 is 9.72 Å². The molecule has 0 amide bonds. The number of aromatic amines is 1. The Bertz CT molecular complexity index is 718. The van der Waals surface area contributed by atoms with Gasteiger partial charge >= 0.3 is 0 Å². The van der Waals surface area contributed by atoms with Crippen molar-refractivity contribution in [1.29, 1.82) is 0 Å². The average molecular weight is 316 g/mol. The van der Waals surface area contributed by atoms with Crippen molar-refractivity contribution in [3.05, 3.63) is 64.3 Å². The van der Waals surface area contributed by atoms with Crippen LogP contribution in [-0.4, -0.2) is 4.98 Å². The molecule has 3 rings (SSSR count). The summed E-state index contributed by atoms with van der Waals surface area (Å²) >= 11 is 3.50. The van der Waals surface area contributed by atoms with E-state index in [4.69, 9.17) is 4.74 Å². The van der Waals surface area contributed by atoms with Crippen LogP contribution in [0.25, 0.3) is 10.9 Å². The van der Waals surface area contributed by atoms with Gasteiger partial charge in [0, 0.05) is 27.1 Å². The second kappa shape index (κ2) is 5.10. The molecule has 0 radical (unpaired) electrons. The predicted octanol–water partition coefficient (Wildman–Crippen LogP) is 4.82. The zero-order valence-electron chi connectivity index (χ0n) is 10.6. The zero-order valence-corrected chi connectivity index (χ0v) is 12.2. The Balaban J connectivity index is 1.86. The van der Waals surface area contributed by atoms with Gasteiger partial charge in [-0.05, 0) is 36.8 Å². The molecule has 0 saturated heterocycles. The first-order valence-corrected chi connectivity index (χ1v) is 6.97. The van der Waals surface area contributed by atoms with Crippen molar-refractivity contribution in [3.8, 4) is 5.75 Å². The zero-order chi connectivity index (χ0) is 13.2. The lowest BCUT2D eigenvalue weighted by atomic mass is 10.2. The molecule has 0 saturated carbocycles. The highest BCUT2D eigenvalue weighted by Crippen LogP contribution is 2.24. The molecule has 19 heavy (non-hydrogen) atoms. The summed E-state index contributed by atoms with van der Waals surface area (Å²) in [6, 6.07) is 14.3. The van der Waals surface area contributed by atoms with Crippen molar-refractivity contribution in [1.82, 2.24) is 4.98 Å². The Hall–Kier alpha value is -1.74. The highest BCUT2D eigenvalue weighted by Gasteiger charge is 2.05. The van der Waals surface area contributed by atoms with Gasteiger partial charge in [0.25, 0.3) is 0 Å². The van der Waals surface area contributed by atoms with E-state index in [0.29, 0.717) is 6.61 Å². The molecule has 1 heterocycles. The second-order valence-corrected chi connectivity index (χ2v) is 5.47. The molecular weight excluding hydrogens is 302 g/mol. The number of H-pyrrole nitrogens is 1. The summed E-state index contributed by atoms with van der Waals surface area (Å²) in [6.07, 6.45) is 2.01. The van der Waals surface area contributed by atoms with Crippen molar-refractivity contribution < 1.29 is 4.74 Å². The van der Waals surface area contributed by atoms with Crippen molar-refractivity contribution >= 4 is 26.8 Å². The molecule has 1 aromatic heterocycles. The number of hydrogen-bond donors (Lipinski definition) is 1. The molecule has 0 aliphatic heterocycles. The SMILES string of the molecule is Cc1ccccc1OCc1c[nH]c2ccc(Br)cc12. The second-order valence-electron chi connectivity index (χ2n) is 4.56. The van der Waals surface area contributed by atoms with Crippen LogP contribution in [0.1, 0.15) is 11.1 Å². The average Bonchev–Trinajstić information content (AvgIpc) is 2.80. The first-order valence-electron chi connectivity index (χ1n) is 6.18.